The van der Waals surface area contributed by atoms with E-state index >= 15 is 0 Å². The molecule has 5 heteroatoms. The van der Waals surface area contributed by atoms with E-state index in [1.165, 1.54) is 0 Å². The summed E-state index contributed by atoms with van der Waals surface area (Å²) in [6, 6.07) is 1.91. The molecule has 1 aromatic rings. The van der Waals surface area contributed by atoms with Gasteiger partial charge in [0.25, 0.3) is 0 Å². The minimum absolute atomic E-state index is 0.581. The fraction of sp³-hybridized carbons (Fsp3) is 0.714. The maximum atomic E-state index is 11.6. The van der Waals surface area contributed by atoms with Gasteiger partial charge < -0.3 is 9.63 Å². The molecule has 1 atom stereocenters. The van der Waals surface area contributed by atoms with Crippen LogP contribution in [0.3, 0.4) is 0 Å². The van der Waals surface area contributed by atoms with Gasteiger partial charge in [0, 0.05) is 12.6 Å². The van der Waals surface area contributed by atoms with Crippen LogP contribution in [0.4, 0.5) is 0 Å². The Morgan fingerprint density at radius 3 is 3.00 bits per heavy atom. The van der Waals surface area contributed by atoms with Crippen molar-refractivity contribution in [1.29, 1.82) is 0 Å². The highest BCUT2D eigenvalue weighted by molar-refractivity contribution is 5.75. The molecule has 0 spiro atoms. The lowest BCUT2D eigenvalue weighted by Gasteiger charge is -2.39. The number of nitrogens with zero attached hydrogens (tertiary/aromatic N) is 2. The van der Waals surface area contributed by atoms with Gasteiger partial charge >= 0.3 is 5.97 Å². The van der Waals surface area contributed by atoms with Crippen molar-refractivity contribution in [2.45, 2.75) is 46.1 Å². The van der Waals surface area contributed by atoms with E-state index in [0.29, 0.717) is 13.1 Å². The topological polar surface area (TPSA) is 66.6 Å². The van der Waals surface area contributed by atoms with Crippen LogP contribution in [0, 0.1) is 12.3 Å². The molecule has 1 aliphatic rings. The first-order valence-corrected chi connectivity index (χ1v) is 6.94. The quantitative estimate of drug-likeness (QED) is 0.886. The van der Waals surface area contributed by atoms with Gasteiger partial charge in [-0.1, -0.05) is 18.5 Å². The number of likely N-dealkylation sites (tertiary alicyclic amines) is 1. The van der Waals surface area contributed by atoms with Crippen molar-refractivity contribution in [3.05, 3.63) is 17.5 Å². The number of carboxylic acid groups (broad SMARTS) is 1. The largest absolute Gasteiger partial charge is 0.481 e. The second-order valence-corrected chi connectivity index (χ2v) is 5.58. The summed E-state index contributed by atoms with van der Waals surface area (Å²) in [5.74, 6) is 0.156. The molecule has 1 saturated heterocycles. The molecule has 5 nitrogen and oxygen atoms in total. The van der Waals surface area contributed by atoms with E-state index in [1.807, 2.05) is 19.9 Å². The van der Waals surface area contributed by atoms with Gasteiger partial charge in [-0.3, -0.25) is 9.69 Å². The average Bonchev–Trinajstić information content (AvgIpc) is 2.75. The summed E-state index contributed by atoms with van der Waals surface area (Å²) in [4.78, 5) is 13.8. The van der Waals surface area contributed by atoms with Crippen LogP contribution in [0.15, 0.2) is 10.6 Å². The SMILES string of the molecule is CCCC1(C(=O)O)CCCN(Cc2cc(C)no2)C1. The van der Waals surface area contributed by atoms with Gasteiger partial charge in [0.2, 0.25) is 0 Å². The highest BCUT2D eigenvalue weighted by Gasteiger charge is 2.41. The number of aromatic nitrogens is 1. The third-order valence-corrected chi connectivity index (χ3v) is 3.89. The molecule has 0 radical (unpaired) electrons. The number of carboxylic acids is 1. The molecule has 106 valence electrons. The summed E-state index contributed by atoms with van der Waals surface area (Å²) in [6.45, 7) is 6.12. The third kappa shape index (κ3) is 3.15. The fourth-order valence-corrected chi connectivity index (χ4v) is 3.04. The van der Waals surface area contributed by atoms with Gasteiger partial charge in [-0.25, -0.2) is 0 Å². The van der Waals surface area contributed by atoms with E-state index in [0.717, 1.165) is 43.7 Å². The smallest absolute Gasteiger partial charge is 0.310 e. The number of hydrogen-bond donors (Lipinski definition) is 1. The normalized spacial score (nSPS) is 24.5. The molecule has 0 aromatic carbocycles. The van der Waals surface area contributed by atoms with E-state index in [9.17, 15) is 9.90 Å². The van der Waals surface area contributed by atoms with E-state index < -0.39 is 11.4 Å². The molecule has 1 aliphatic heterocycles. The highest BCUT2D eigenvalue weighted by atomic mass is 16.5. The number of hydrogen-bond acceptors (Lipinski definition) is 4. The Kier molecular flexibility index (Phi) is 4.24. The van der Waals surface area contributed by atoms with Gasteiger partial charge in [0.1, 0.15) is 0 Å². The Bertz CT molecular complexity index is 440. The Hall–Kier alpha value is -1.36. The van der Waals surface area contributed by atoms with Crippen LogP contribution in [0.2, 0.25) is 0 Å². The minimum Gasteiger partial charge on any atom is -0.481 e. The highest BCUT2D eigenvalue weighted by Crippen LogP contribution is 2.35. The number of aliphatic carboxylic acids is 1. The number of rotatable bonds is 5. The zero-order valence-electron chi connectivity index (χ0n) is 11.7. The van der Waals surface area contributed by atoms with Crippen LogP contribution in [0.25, 0.3) is 0 Å². The van der Waals surface area contributed by atoms with Crippen molar-refractivity contribution in [3.8, 4) is 0 Å². The van der Waals surface area contributed by atoms with Gasteiger partial charge in [-0.15, -0.1) is 0 Å². The van der Waals surface area contributed by atoms with Crippen molar-refractivity contribution in [1.82, 2.24) is 10.1 Å². The zero-order valence-corrected chi connectivity index (χ0v) is 11.7. The molecule has 1 aromatic heterocycles. The molecule has 0 aliphatic carbocycles. The Labute approximate surface area is 113 Å². The molecule has 1 fully saturated rings. The van der Waals surface area contributed by atoms with Crippen molar-refractivity contribution >= 4 is 5.97 Å². The lowest BCUT2D eigenvalue weighted by Crippen LogP contribution is -2.47. The summed E-state index contributed by atoms with van der Waals surface area (Å²) in [6.07, 6.45) is 3.36. The van der Waals surface area contributed by atoms with Crippen LogP contribution >= 0.6 is 0 Å². The summed E-state index contributed by atoms with van der Waals surface area (Å²) in [7, 11) is 0. The lowest BCUT2D eigenvalue weighted by atomic mass is 9.76. The summed E-state index contributed by atoms with van der Waals surface area (Å²) < 4.78 is 5.22. The van der Waals surface area contributed by atoms with Crippen LogP contribution in [0.1, 0.15) is 44.1 Å². The molecule has 0 saturated carbocycles. The van der Waals surface area contributed by atoms with E-state index in [1.54, 1.807) is 0 Å². The molecule has 1 unspecified atom stereocenters. The number of aryl methyl sites for hydroxylation is 1. The summed E-state index contributed by atoms with van der Waals surface area (Å²) in [5, 5.41) is 13.4. The van der Waals surface area contributed by atoms with E-state index in [-0.39, 0.29) is 0 Å². The Morgan fingerprint density at radius 1 is 1.63 bits per heavy atom. The lowest BCUT2D eigenvalue weighted by molar-refractivity contribution is -0.153. The first kappa shape index (κ1) is 14.1. The summed E-state index contributed by atoms with van der Waals surface area (Å²) in [5.41, 5.74) is 0.285. The molecular formula is C14H22N2O3. The standard InChI is InChI=1S/C14H22N2O3/c1-3-5-14(13(17)18)6-4-7-16(10-14)9-12-8-11(2)15-19-12/h8H,3-7,9-10H2,1-2H3,(H,17,18). The maximum absolute atomic E-state index is 11.6. The van der Waals surface area contributed by atoms with Gasteiger partial charge in [-0.05, 0) is 32.7 Å². The Balaban J connectivity index is 2.05. The molecule has 19 heavy (non-hydrogen) atoms. The van der Waals surface area contributed by atoms with Gasteiger partial charge in [0.05, 0.1) is 17.7 Å². The van der Waals surface area contributed by atoms with Crippen LogP contribution in [-0.2, 0) is 11.3 Å². The van der Waals surface area contributed by atoms with Crippen LogP contribution in [-0.4, -0.2) is 34.2 Å². The summed E-state index contributed by atoms with van der Waals surface area (Å²) >= 11 is 0. The van der Waals surface area contributed by atoms with Crippen molar-refractivity contribution < 1.29 is 14.4 Å². The number of carbonyl (C=O) groups is 1. The van der Waals surface area contributed by atoms with Crippen molar-refractivity contribution in [3.63, 3.8) is 0 Å². The van der Waals surface area contributed by atoms with Gasteiger partial charge in [-0.2, -0.15) is 0 Å². The maximum Gasteiger partial charge on any atom is 0.310 e. The average molecular weight is 266 g/mol. The Morgan fingerprint density at radius 2 is 2.42 bits per heavy atom. The first-order valence-electron chi connectivity index (χ1n) is 6.94. The predicted molar refractivity (Wildman–Crippen MR) is 70.7 cm³/mol. The molecule has 0 amide bonds. The molecular weight excluding hydrogens is 244 g/mol. The predicted octanol–water partition coefficient (Wildman–Crippen LogP) is 2.45. The van der Waals surface area contributed by atoms with Gasteiger partial charge in [0.15, 0.2) is 5.76 Å². The van der Waals surface area contributed by atoms with Crippen LogP contribution < -0.4 is 0 Å². The van der Waals surface area contributed by atoms with Crippen molar-refractivity contribution in [2.75, 3.05) is 13.1 Å². The first-order chi connectivity index (χ1) is 9.05. The monoisotopic (exact) mass is 266 g/mol. The number of piperidine rings is 1. The van der Waals surface area contributed by atoms with E-state index in [2.05, 4.69) is 10.1 Å². The second-order valence-electron chi connectivity index (χ2n) is 5.58. The molecule has 2 heterocycles. The zero-order chi connectivity index (χ0) is 13.9. The van der Waals surface area contributed by atoms with Crippen molar-refractivity contribution in [2.24, 2.45) is 5.41 Å². The molecule has 2 rings (SSSR count). The third-order valence-electron chi connectivity index (χ3n) is 3.89. The molecule has 1 N–H and O–H groups in total. The molecule has 0 bridgehead atoms. The van der Waals surface area contributed by atoms with E-state index in [4.69, 9.17) is 4.52 Å². The second kappa shape index (κ2) is 5.74. The minimum atomic E-state index is -0.659. The van der Waals surface area contributed by atoms with Crippen LogP contribution in [0.5, 0.6) is 0 Å². The fourth-order valence-electron chi connectivity index (χ4n) is 3.04.